The van der Waals surface area contributed by atoms with Gasteiger partial charge in [0.2, 0.25) is 5.91 Å². The molecule has 0 saturated heterocycles. The number of hydrogen-bond acceptors (Lipinski definition) is 5. The van der Waals surface area contributed by atoms with Crippen molar-refractivity contribution in [1.82, 2.24) is 14.8 Å². The van der Waals surface area contributed by atoms with Crippen molar-refractivity contribution in [2.45, 2.75) is 17.9 Å². The summed E-state index contributed by atoms with van der Waals surface area (Å²) in [5, 5.41) is 4.72. The van der Waals surface area contributed by atoms with Crippen LogP contribution >= 0.6 is 23.1 Å². The van der Waals surface area contributed by atoms with Crippen LogP contribution in [0.4, 0.5) is 9.52 Å². The first-order chi connectivity index (χ1) is 14.2. The molecule has 8 heteroatoms. The number of anilines is 1. The van der Waals surface area contributed by atoms with E-state index in [9.17, 15) is 9.18 Å². The number of halogens is 1. The summed E-state index contributed by atoms with van der Waals surface area (Å²) >= 11 is 2.98. The molecule has 0 bridgehead atoms. The summed E-state index contributed by atoms with van der Waals surface area (Å²) in [7, 11) is 0. The summed E-state index contributed by atoms with van der Waals surface area (Å²) in [6, 6.07) is 16.7. The molecule has 0 spiro atoms. The van der Waals surface area contributed by atoms with Gasteiger partial charge < -0.3 is 0 Å². The number of amides is 1. The molecule has 0 aliphatic carbocycles. The van der Waals surface area contributed by atoms with Crippen molar-refractivity contribution in [2.75, 3.05) is 17.2 Å². The van der Waals surface area contributed by atoms with Crippen LogP contribution in [0.5, 0.6) is 0 Å². The minimum Gasteiger partial charge on any atom is -0.286 e. The molecule has 2 aromatic heterocycles. The summed E-state index contributed by atoms with van der Waals surface area (Å²) in [5.41, 5.74) is 0.308. The number of thiazole rings is 1. The molecular weight excluding hydrogens is 407 g/mol. The average molecular weight is 427 g/mol. The number of benzene rings is 2. The molecule has 1 amide bonds. The van der Waals surface area contributed by atoms with E-state index in [0.717, 1.165) is 9.60 Å². The Kier molecular flexibility index (Phi) is 6.21. The van der Waals surface area contributed by atoms with Crippen LogP contribution in [-0.4, -0.2) is 33.0 Å². The maximum absolute atomic E-state index is 14.1. The van der Waals surface area contributed by atoms with Crippen LogP contribution in [-0.2, 0) is 11.3 Å². The van der Waals surface area contributed by atoms with Gasteiger partial charge in [-0.05, 0) is 30.3 Å². The van der Waals surface area contributed by atoms with Gasteiger partial charge >= 0.3 is 0 Å². The molecule has 0 unspecified atom stereocenters. The van der Waals surface area contributed by atoms with E-state index in [1.165, 1.54) is 17.4 Å². The average Bonchev–Trinajstić information content (AvgIpc) is 3.40. The third kappa shape index (κ3) is 4.83. The zero-order valence-electron chi connectivity index (χ0n) is 15.6. The highest BCUT2D eigenvalue weighted by molar-refractivity contribution is 7.99. The molecule has 2 aromatic carbocycles. The molecule has 0 saturated carbocycles. The Morgan fingerprint density at radius 2 is 2.00 bits per heavy atom. The second kappa shape index (κ2) is 9.19. The molecule has 0 aliphatic rings. The van der Waals surface area contributed by atoms with Crippen LogP contribution in [0.25, 0.3) is 10.2 Å². The molecule has 4 rings (SSSR count). The van der Waals surface area contributed by atoms with Crippen LogP contribution in [0, 0.1) is 5.82 Å². The first kappa shape index (κ1) is 19.6. The van der Waals surface area contributed by atoms with Crippen LogP contribution in [0.15, 0.2) is 71.9 Å². The number of para-hydroxylation sites is 1. The van der Waals surface area contributed by atoms with Gasteiger partial charge in [-0.15, -0.1) is 11.8 Å². The fourth-order valence-corrected chi connectivity index (χ4v) is 4.77. The number of carbonyl (C=O) groups excluding carboxylic acids is 1. The lowest BCUT2D eigenvalue weighted by Crippen LogP contribution is -2.34. The summed E-state index contributed by atoms with van der Waals surface area (Å²) in [5.74, 6) is 0.268. The van der Waals surface area contributed by atoms with Gasteiger partial charge in [0, 0.05) is 36.0 Å². The van der Waals surface area contributed by atoms with Crippen molar-refractivity contribution in [3.8, 4) is 0 Å². The van der Waals surface area contributed by atoms with Gasteiger partial charge in [-0.25, -0.2) is 9.37 Å². The second-order valence-corrected chi connectivity index (χ2v) is 8.49. The molecule has 0 radical (unpaired) electrons. The first-order valence-corrected chi connectivity index (χ1v) is 11.0. The fourth-order valence-electron chi connectivity index (χ4n) is 2.89. The minimum absolute atomic E-state index is 0.0277. The van der Waals surface area contributed by atoms with E-state index in [1.807, 2.05) is 48.7 Å². The summed E-state index contributed by atoms with van der Waals surface area (Å²) in [6.07, 6.45) is 3.93. The highest BCUT2D eigenvalue weighted by Gasteiger charge is 2.20. The van der Waals surface area contributed by atoms with Gasteiger partial charge in [-0.3, -0.25) is 14.4 Å². The van der Waals surface area contributed by atoms with E-state index in [4.69, 9.17) is 0 Å². The Hall–Kier alpha value is -2.71. The Bertz CT molecular complexity index is 1080. The standard InChI is InChI=1S/C21H19FN4OS2/c22-17-8-4-9-18-20(17)24-21(29-18)26(14-13-25-12-5-11-23-25)19(27)10-15-28-16-6-2-1-3-7-16/h1-9,11-12H,10,13-15H2. The number of carbonyl (C=O) groups is 1. The van der Waals surface area contributed by atoms with Crippen LogP contribution < -0.4 is 4.90 Å². The zero-order valence-corrected chi connectivity index (χ0v) is 17.2. The molecule has 5 nitrogen and oxygen atoms in total. The van der Waals surface area contributed by atoms with Crippen molar-refractivity contribution in [1.29, 1.82) is 0 Å². The van der Waals surface area contributed by atoms with Gasteiger partial charge in [0.25, 0.3) is 0 Å². The number of thioether (sulfide) groups is 1. The lowest BCUT2D eigenvalue weighted by atomic mass is 10.3. The third-order valence-electron chi connectivity index (χ3n) is 4.33. The van der Waals surface area contributed by atoms with Gasteiger partial charge in [0.15, 0.2) is 5.13 Å². The highest BCUT2D eigenvalue weighted by Crippen LogP contribution is 2.31. The van der Waals surface area contributed by atoms with E-state index in [2.05, 4.69) is 10.1 Å². The summed E-state index contributed by atoms with van der Waals surface area (Å²) in [4.78, 5) is 20.2. The second-order valence-electron chi connectivity index (χ2n) is 6.31. The normalized spacial score (nSPS) is 11.1. The largest absolute Gasteiger partial charge is 0.286 e. The molecule has 148 valence electrons. The van der Waals surface area contributed by atoms with Gasteiger partial charge in [0.05, 0.1) is 11.2 Å². The Morgan fingerprint density at radius 1 is 1.14 bits per heavy atom. The monoisotopic (exact) mass is 426 g/mol. The van der Waals surface area contributed by atoms with E-state index in [0.29, 0.717) is 35.9 Å². The molecular formula is C21H19FN4OS2. The molecule has 0 atom stereocenters. The van der Waals surface area contributed by atoms with Crippen LogP contribution in [0.1, 0.15) is 6.42 Å². The van der Waals surface area contributed by atoms with Crippen molar-refractivity contribution in [3.05, 3.63) is 72.8 Å². The lowest BCUT2D eigenvalue weighted by Gasteiger charge is -2.20. The number of rotatable bonds is 8. The van der Waals surface area contributed by atoms with E-state index in [1.54, 1.807) is 33.6 Å². The maximum Gasteiger partial charge on any atom is 0.229 e. The quantitative estimate of drug-likeness (QED) is 0.378. The Morgan fingerprint density at radius 3 is 2.76 bits per heavy atom. The van der Waals surface area contributed by atoms with Crippen molar-refractivity contribution < 1.29 is 9.18 Å². The molecule has 0 N–H and O–H groups in total. The zero-order chi connectivity index (χ0) is 20.1. The highest BCUT2D eigenvalue weighted by atomic mass is 32.2. The number of fused-ring (bicyclic) bond motifs is 1. The Balaban J connectivity index is 1.50. The van der Waals surface area contributed by atoms with Crippen LogP contribution in [0.2, 0.25) is 0 Å². The van der Waals surface area contributed by atoms with Gasteiger partial charge in [0.1, 0.15) is 11.3 Å². The summed E-state index contributed by atoms with van der Waals surface area (Å²) < 4.78 is 16.6. The molecule has 0 fully saturated rings. The number of hydrogen-bond donors (Lipinski definition) is 0. The molecule has 0 aliphatic heterocycles. The smallest absolute Gasteiger partial charge is 0.229 e. The third-order valence-corrected chi connectivity index (χ3v) is 6.39. The molecule has 29 heavy (non-hydrogen) atoms. The maximum atomic E-state index is 14.1. The predicted octanol–water partition coefficient (Wildman–Crippen LogP) is 4.85. The van der Waals surface area contributed by atoms with Crippen LogP contribution in [0.3, 0.4) is 0 Å². The first-order valence-electron chi connectivity index (χ1n) is 9.21. The Labute approximate surface area is 176 Å². The van der Waals surface area contributed by atoms with Gasteiger partial charge in [-0.2, -0.15) is 5.10 Å². The number of aromatic nitrogens is 3. The topological polar surface area (TPSA) is 51.0 Å². The van der Waals surface area contributed by atoms with E-state index in [-0.39, 0.29) is 11.7 Å². The fraction of sp³-hybridized carbons (Fsp3) is 0.190. The predicted molar refractivity (Wildman–Crippen MR) is 116 cm³/mol. The van der Waals surface area contributed by atoms with Crippen molar-refractivity contribution >= 4 is 44.4 Å². The van der Waals surface area contributed by atoms with E-state index < -0.39 is 0 Å². The number of nitrogens with zero attached hydrogens (tertiary/aromatic N) is 4. The van der Waals surface area contributed by atoms with E-state index >= 15 is 0 Å². The van der Waals surface area contributed by atoms with Crippen molar-refractivity contribution in [2.24, 2.45) is 0 Å². The summed E-state index contributed by atoms with van der Waals surface area (Å²) in [6.45, 7) is 0.973. The van der Waals surface area contributed by atoms with Crippen molar-refractivity contribution in [3.63, 3.8) is 0 Å². The minimum atomic E-state index is -0.371. The van der Waals surface area contributed by atoms with Gasteiger partial charge in [-0.1, -0.05) is 35.6 Å². The SMILES string of the molecule is O=C(CCSc1ccccc1)N(CCn1cccn1)c1nc2c(F)cccc2s1. The molecule has 2 heterocycles. The molecule has 4 aromatic rings. The lowest BCUT2D eigenvalue weighted by molar-refractivity contribution is -0.118.